The fourth-order valence-corrected chi connectivity index (χ4v) is 4.64. The summed E-state index contributed by atoms with van der Waals surface area (Å²) in [7, 11) is 1.60. The molecule has 0 unspecified atom stereocenters. The van der Waals surface area contributed by atoms with Crippen LogP contribution in [0, 0.1) is 0 Å². The lowest BCUT2D eigenvalue weighted by atomic mass is 10.1. The van der Waals surface area contributed by atoms with Crippen LogP contribution in [0.5, 0.6) is 0 Å². The van der Waals surface area contributed by atoms with Crippen LogP contribution in [-0.2, 0) is 9.53 Å². The van der Waals surface area contributed by atoms with E-state index in [9.17, 15) is 14.4 Å². The van der Waals surface area contributed by atoms with Gasteiger partial charge in [0, 0.05) is 47.3 Å². The second kappa shape index (κ2) is 9.89. The number of hydrogen-bond acceptors (Lipinski definition) is 5. The Labute approximate surface area is 196 Å². The van der Waals surface area contributed by atoms with Crippen molar-refractivity contribution in [1.29, 1.82) is 0 Å². The Morgan fingerprint density at radius 3 is 2.39 bits per heavy atom. The number of nitrogens with one attached hydrogen (secondary N) is 2. The second-order valence-corrected chi connectivity index (χ2v) is 8.53. The summed E-state index contributed by atoms with van der Waals surface area (Å²) in [5, 5.41) is 5.59. The first-order chi connectivity index (χ1) is 16.0. The zero-order chi connectivity index (χ0) is 23.4. The van der Waals surface area contributed by atoms with Gasteiger partial charge in [0.2, 0.25) is 5.91 Å². The molecule has 3 amide bonds. The molecule has 0 fully saturated rings. The Hall–Kier alpha value is -3.62. The second-order valence-electron chi connectivity index (χ2n) is 7.44. The zero-order valence-corrected chi connectivity index (χ0v) is 19.1. The first-order valence-electron chi connectivity index (χ1n) is 10.4. The molecular formula is C25H23N3O4S. The summed E-state index contributed by atoms with van der Waals surface area (Å²) < 4.78 is 5.21. The fraction of sp³-hybridized carbons (Fsp3) is 0.160. The monoisotopic (exact) mass is 461 g/mol. The molecule has 168 valence electrons. The first-order valence-corrected chi connectivity index (χ1v) is 11.2. The van der Waals surface area contributed by atoms with Crippen molar-refractivity contribution >= 4 is 46.5 Å². The Morgan fingerprint density at radius 2 is 1.67 bits per heavy atom. The number of fused-ring (bicyclic) bond motifs is 2. The van der Waals surface area contributed by atoms with Gasteiger partial charge >= 0.3 is 0 Å². The minimum absolute atomic E-state index is 0.0788. The third kappa shape index (κ3) is 5.08. The van der Waals surface area contributed by atoms with Gasteiger partial charge in [0.05, 0.1) is 17.9 Å². The molecule has 1 heterocycles. The molecule has 0 aliphatic carbocycles. The molecule has 0 aromatic heterocycles. The normalized spacial score (nSPS) is 12.4. The SMILES string of the molecule is COCCN1C(=O)c2ccccc2Sc2cc(NC(=O)c3ccc(NC(C)=O)cc3)ccc21. The number of ether oxygens (including phenoxy) is 1. The molecule has 1 aliphatic rings. The van der Waals surface area contributed by atoms with Crippen LogP contribution in [0.3, 0.4) is 0 Å². The van der Waals surface area contributed by atoms with Gasteiger partial charge in [-0.05, 0) is 54.6 Å². The maximum Gasteiger partial charge on any atom is 0.259 e. The topological polar surface area (TPSA) is 87.7 Å². The number of rotatable bonds is 6. The molecule has 0 saturated heterocycles. The van der Waals surface area contributed by atoms with E-state index in [-0.39, 0.29) is 17.7 Å². The number of amides is 3. The minimum Gasteiger partial charge on any atom is -0.383 e. The van der Waals surface area contributed by atoms with Gasteiger partial charge in [-0.1, -0.05) is 23.9 Å². The molecule has 0 atom stereocenters. The van der Waals surface area contributed by atoms with Crippen molar-refractivity contribution in [2.45, 2.75) is 16.7 Å². The first kappa shape index (κ1) is 22.6. The molecule has 33 heavy (non-hydrogen) atoms. The van der Waals surface area contributed by atoms with Crippen LogP contribution in [0.2, 0.25) is 0 Å². The average molecular weight is 462 g/mol. The predicted molar refractivity (Wildman–Crippen MR) is 129 cm³/mol. The zero-order valence-electron chi connectivity index (χ0n) is 18.3. The van der Waals surface area contributed by atoms with Gasteiger partial charge in [0.25, 0.3) is 11.8 Å². The molecule has 7 nitrogen and oxygen atoms in total. The van der Waals surface area contributed by atoms with Gasteiger partial charge < -0.3 is 20.3 Å². The summed E-state index contributed by atoms with van der Waals surface area (Å²) in [5.41, 5.74) is 3.13. The quantitative estimate of drug-likeness (QED) is 0.558. The lowest BCUT2D eigenvalue weighted by molar-refractivity contribution is -0.114. The summed E-state index contributed by atoms with van der Waals surface area (Å²) in [5.74, 6) is -0.519. The highest BCUT2D eigenvalue weighted by atomic mass is 32.2. The van der Waals surface area contributed by atoms with E-state index >= 15 is 0 Å². The predicted octanol–water partition coefficient (Wildman–Crippen LogP) is 4.66. The van der Waals surface area contributed by atoms with Crippen LogP contribution in [0.15, 0.2) is 76.5 Å². The van der Waals surface area contributed by atoms with E-state index in [1.165, 1.54) is 18.7 Å². The summed E-state index contributed by atoms with van der Waals surface area (Å²) in [6.07, 6.45) is 0. The molecule has 4 rings (SSSR count). The smallest absolute Gasteiger partial charge is 0.259 e. The van der Waals surface area contributed by atoms with E-state index in [1.807, 2.05) is 36.4 Å². The molecule has 0 bridgehead atoms. The van der Waals surface area contributed by atoms with Crippen LogP contribution in [-0.4, -0.2) is 38.0 Å². The highest BCUT2D eigenvalue weighted by Crippen LogP contribution is 2.42. The average Bonchev–Trinajstić information content (AvgIpc) is 2.91. The number of methoxy groups -OCH3 is 1. The Bertz CT molecular complexity index is 1210. The lowest BCUT2D eigenvalue weighted by Gasteiger charge is -2.23. The van der Waals surface area contributed by atoms with Gasteiger partial charge in [0.1, 0.15) is 0 Å². The molecule has 8 heteroatoms. The van der Waals surface area contributed by atoms with Crippen molar-refractivity contribution in [2.24, 2.45) is 0 Å². The van der Waals surface area contributed by atoms with E-state index in [4.69, 9.17) is 4.74 Å². The van der Waals surface area contributed by atoms with E-state index in [2.05, 4.69) is 10.6 Å². The summed E-state index contributed by atoms with van der Waals surface area (Å²) in [4.78, 5) is 40.6. The van der Waals surface area contributed by atoms with Crippen molar-refractivity contribution in [3.63, 3.8) is 0 Å². The lowest BCUT2D eigenvalue weighted by Crippen LogP contribution is -2.33. The molecule has 0 saturated carbocycles. The third-order valence-corrected chi connectivity index (χ3v) is 6.20. The van der Waals surface area contributed by atoms with Gasteiger partial charge in [-0.3, -0.25) is 14.4 Å². The number of carbonyl (C=O) groups excluding carboxylic acids is 3. The molecule has 3 aromatic rings. The molecule has 2 N–H and O–H groups in total. The molecule has 0 radical (unpaired) electrons. The number of hydrogen-bond donors (Lipinski definition) is 2. The van der Waals surface area contributed by atoms with E-state index in [1.54, 1.807) is 42.3 Å². The number of nitrogens with zero attached hydrogens (tertiary/aromatic N) is 1. The fourth-order valence-electron chi connectivity index (χ4n) is 3.52. The van der Waals surface area contributed by atoms with Crippen LogP contribution >= 0.6 is 11.8 Å². The summed E-state index contributed by atoms with van der Waals surface area (Å²) >= 11 is 1.49. The van der Waals surface area contributed by atoms with Crippen molar-refractivity contribution in [1.82, 2.24) is 0 Å². The molecule has 3 aromatic carbocycles. The maximum absolute atomic E-state index is 13.2. The van der Waals surface area contributed by atoms with E-state index in [0.29, 0.717) is 35.7 Å². The van der Waals surface area contributed by atoms with Crippen LogP contribution in [0.25, 0.3) is 0 Å². The van der Waals surface area contributed by atoms with Gasteiger partial charge in [-0.25, -0.2) is 0 Å². The van der Waals surface area contributed by atoms with E-state index in [0.717, 1.165) is 15.5 Å². The van der Waals surface area contributed by atoms with Gasteiger partial charge in [0.15, 0.2) is 0 Å². The highest BCUT2D eigenvalue weighted by molar-refractivity contribution is 7.99. The number of benzene rings is 3. The summed E-state index contributed by atoms with van der Waals surface area (Å²) in [6.45, 7) is 2.26. The molecule has 0 spiro atoms. The maximum atomic E-state index is 13.2. The standard InChI is InChI=1S/C25H23N3O4S/c1-16(29)26-18-9-7-17(8-10-18)24(30)27-19-11-12-21-23(15-19)33-22-6-4-3-5-20(22)25(31)28(21)13-14-32-2/h3-12,15H,13-14H2,1-2H3,(H,26,29)(H,27,30). The van der Waals surface area contributed by atoms with Crippen LogP contribution in [0.4, 0.5) is 17.1 Å². The van der Waals surface area contributed by atoms with Crippen molar-refractivity contribution in [3.05, 3.63) is 77.9 Å². The van der Waals surface area contributed by atoms with E-state index < -0.39 is 0 Å². The van der Waals surface area contributed by atoms with Gasteiger partial charge in [-0.2, -0.15) is 0 Å². The Morgan fingerprint density at radius 1 is 0.939 bits per heavy atom. The Kier molecular flexibility index (Phi) is 6.76. The van der Waals surface area contributed by atoms with Crippen molar-refractivity contribution in [2.75, 3.05) is 35.8 Å². The number of anilines is 3. The molecular weight excluding hydrogens is 438 g/mol. The largest absolute Gasteiger partial charge is 0.383 e. The van der Waals surface area contributed by atoms with Gasteiger partial charge in [-0.15, -0.1) is 0 Å². The number of carbonyl (C=O) groups is 3. The van der Waals surface area contributed by atoms with Crippen LogP contribution in [0.1, 0.15) is 27.6 Å². The van der Waals surface area contributed by atoms with Crippen LogP contribution < -0.4 is 15.5 Å². The van der Waals surface area contributed by atoms with Crippen molar-refractivity contribution in [3.8, 4) is 0 Å². The summed E-state index contributed by atoms with van der Waals surface area (Å²) in [6, 6.07) is 19.7. The molecule has 1 aliphatic heterocycles. The third-order valence-electron chi connectivity index (χ3n) is 5.08. The minimum atomic E-state index is -0.268. The Balaban J connectivity index is 1.60. The van der Waals surface area contributed by atoms with Crippen molar-refractivity contribution < 1.29 is 19.1 Å². The highest BCUT2D eigenvalue weighted by Gasteiger charge is 2.27.